The van der Waals surface area contributed by atoms with Gasteiger partial charge in [0.2, 0.25) is 0 Å². The average molecular weight is 229 g/mol. The van der Waals surface area contributed by atoms with E-state index in [1.807, 2.05) is 11.8 Å². The van der Waals surface area contributed by atoms with Crippen LogP contribution in [0.3, 0.4) is 0 Å². The van der Waals surface area contributed by atoms with Crippen molar-refractivity contribution in [1.29, 1.82) is 0 Å². The van der Waals surface area contributed by atoms with Gasteiger partial charge in [0, 0.05) is 6.04 Å². The molecule has 0 heterocycles. The minimum Gasteiger partial charge on any atom is -0.314 e. The van der Waals surface area contributed by atoms with Gasteiger partial charge in [0.1, 0.15) is 0 Å². The van der Waals surface area contributed by atoms with Crippen LogP contribution in [0, 0.1) is 11.3 Å². The SMILES string of the molecule is CSCCCNC1CC(C)CC(C)(C)C1. The van der Waals surface area contributed by atoms with Gasteiger partial charge in [0.05, 0.1) is 0 Å². The van der Waals surface area contributed by atoms with Crippen molar-refractivity contribution in [3.63, 3.8) is 0 Å². The number of hydrogen-bond donors (Lipinski definition) is 1. The first-order valence-electron chi connectivity index (χ1n) is 6.26. The zero-order valence-corrected chi connectivity index (χ0v) is 11.6. The van der Waals surface area contributed by atoms with Crippen molar-refractivity contribution in [1.82, 2.24) is 5.32 Å². The number of thioether (sulfide) groups is 1. The summed E-state index contributed by atoms with van der Waals surface area (Å²) in [6.45, 7) is 8.43. The molecule has 0 spiro atoms. The summed E-state index contributed by atoms with van der Waals surface area (Å²) in [6.07, 6.45) is 7.63. The van der Waals surface area contributed by atoms with Gasteiger partial charge >= 0.3 is 0 Å². The molecule has 2 unspecified atom stereocenters. The summed E-state index contributed by atoms with van der Waals surface area (Å²) in [5, 5.41) is 3.73. The van der Waals surface area contributed by atoms with E-state index in [1.165, 1.54) is 38.0 Å². The molecule has 0 aliphatic heterocycles. The van der Waals surface area contributed by atoms with Crippen LogP contribution in [0.15, 0.2) is 0 Å². The maximum atomic E-state index is 3.73. The topological polar surface area (TPSA) is 12.0 Å². The molecule has 2 atom stereocenters. The van der Waals surface area contributed by atoms with Crippen LogP contribution in [0.4, 0.5) is 0 Å². The summed E-state index contributed by atoms with van der Waals surface area (Å²) < 4.78 is 0. The van der Waals surface area contributed by atoms with Gasteiger partial charge in [-0.2, -0.15) is 11.8 Å². The van der Waals surface area contributed by atoms with Gasteiger partial charge in [-0.25, -0.2) is 0 Å². The van der Waals surface area contributed by atoms with E-state index >= 15 is 0 Å². The molecule has 0 amide bonds. The van der Waals surface area contributed by atoms with Gasteiger partial charge < -0.3 is 5.32 Å². The highest BCUT2D eigenvalue weighted by molar-refractivity contribution is 7.98. The van der Waals surface area contributed by atoms with Crippen molar-refractivity contribution in [2.75, 3.05) is 18.6 Å². The number of hydrogen-bond acceptors (Lipinski definition) is 2. The largest absolute Gasteiger partial charge is 0.314 e. The molecule has 0 bridgehead atoms. The van der Waals surface area contributed by atoms with Gasteiger partial charge in [0.15, 0.2) is 0 Å². The second kappa shape index (κ2) is 6.15. The highest BCUT2D eigenvalue weighted by Gasteiger charge is 2.31. The van der Waals surface area contributed by atoms with Gasteiger partial charge in [0.25, 0.3) is 0 Å². The lowest BCUT2D eigenvalue weighted by Gasteiger charge is -2.39. The lowest BCUT2D eigenvalue weighted by atomic mass is 9.70. The first kappa shape index (κ1) is 13.4. The smallest absolute Gasteiger partial charge is 0.00746 e. The first-order valence-corrected chi connectivity index (χ1v) is 7.65. The zero-order valence-electron chi connectivity index (χ0n) is 10.8. The summed E-state index contributed by atoms with van der Waals surface area (Å²) in [7, 11) is 0. The standard InChI is InChI=1S/C13H27NS/c1-11-8-12(10-13(2,3)9-11)14-6-5-7-15-4/h11-12,14H,5-10H2,1-4H3. The lowest BCUT2D eigenvalue weighted by molar-refractivity contribution is 0.152. The van der Waals surface area contributed by atoms with E-state index in [-0.39, 0.29) is 0 Å². The van der Waals surface area contributed by atoms with Crippen LogP contribution < -0.4 is 5.32 Å². The van der Waals surface area contributed by atoms with Gasteiger partial charge in [-0.15, -0.1) is 0 Å². The Balaban J connectivity index is 2.23. The Morgan fingerprint density at radius 1 is 1.33 bits per heavy atom. The first-order chi connectivity index (χ1) is 7.03. The third-order valence-corrected chi connectivity index (χ3v) is 4.04. The molecule has 0 saturated heterocycles. The van der Waals surface area contributed by atoms with Crippen molar-refractivity contribution in [3.8, 4) is 0 Å². The molecule has 1 rings (SSSR count). The molecule has 90 valence electrons. The quantitative estimate of drug-likeness (QED) is 0.724. The summed E-state index contributed by atoms with van der Waals surface area (Å²) >= 11 is 1.95. The molecule has 1 aliphatic rings. The molecule has 1 aliphatic carbocycles. The molecule has 1 nitrogen and oxygen atoms in total. The maximum Gasteiger partial charge on any atom is 0.00746 e. The highest BCUT2D eigenvalue weighted by atomic mass is 32.2. The molecular formula is C13H27NS. The molecule has 0 aromatic heterocycles. The van der Waals surface area contributed by atoms with Crippen molar-refractivity contribution < 1.29 is 0 Å². The lowest BCUT2D eigenvalue weighted by Crippen LogP contribution is -2.40. The third-order valence-electron chi connectivity index (χ3n) is 3.35. The Morgan fingerprint density at radius 2 is 2.07 bits per heavy atom. The van der Waals surface area contributed by atoms with E-state index in [0.29, 0.717) is 5.41 Å². The fourth-order valence-electron chi connectivity index (χ4n) is 3.02. The fourth-order valence-corrected chi connectivity index (χ4v) is 3.46. The Bertz CT molecular complexity index is 179. The van der Waals surface area contributed by atoms with Crippen LogP contribution in [0.1, 0.15) is 46.5 Å². The van der Waals surface area contributed by atoms with Crippen molar-refractivity contribution in [2.45, 2.75) is 52.5 Å². The van der Waals surface area contributed by atoms with Crippen molar-refractivity contribution >= 4 is 11.8 Å². The molecular weight excluding hydrogens is 202 g/mol. The molecule has 15 heavy (non-hydrogen) atoms. The predicted molar refractivity (Wildman–Crippen MR) is 71.6 cm³/mol. The normalized spacial score (nSPS) is 30.4. The minimum atomic E-state index is 0.550. The van der Waals surface area contributed by atoms with Crippen molar-refractivity contribution in [3.05, 3.63) is 0 Å². The van der Waals surface area contributed by atoms with E-state index < -0.39 is 0 Å². The van der Waals surface area contributed by atoms with Gasteiger partial charge in [-0.05, 0) is 55.6 Å². The van der Waals surface area contributed by atoms with Gasteiger partial charge in [-0.3, -0.25) is 0 Å². The molecule has 1 saturated carbocycles. The Kier molecular flexibility index (Phi) is 5.48. The Labute approximate surface area is 99.8 Å². The summed E-state index contributed by atoms with van der Waals surface area (Å²) in [6, 6.07) is 0.769. The molecule has 0 aromatic rings. The van der Waals surface area contributed by atoms with Crippen molar-refractivity contribution in [2.24, 2.45) is 11.3 Å². The second-order valence-corrected chi connectivity index (χ2v) is 6.90. The molecule has 0 radical (unpaired) electrons. The maximum absolute atomic E-state index is 3.73. The monoisotopic (exact) mass is 229 g/mol. The Morgan fingerprint density at radius 3 is 2.67 bits per heavy atom. The number of rotatable bonds is 5. The molecule has 0 aromatic carbocycles. The average Bonchev–Trinajstić information content (AvgIpc) is 2.09. The predicted octanol–water partition coefficient (Wildman–Crippen LogP) is 3.54. The van der Waals surface area contributed by atoms with Gasteiger partial charge in [-0.1, -0.05) is 20.8 Å². The minimum absolute atomic E-state index is 0.550. The van der Waals surface area contributed by atoms with E-state index in [4.69, 9.17) is 0 Å². The molecule has 1 fully saturated rings. The van der Waals surface area contributed by atoms with E-state index in [9.17, 15) is 0 Å². The summed E-state index contributed by atoms with van der Waals surface area (Å²) in [5.74, 6) is 2.19. The zero-order chi connectivity index (χ0) is 11.3. The van der Waals surface area contributed by atoms with Crippen LogP contribution >= 0.6 is 11.8 Å². The van der Waals surface area contributed by atoms with Crippen LogP contribution in [-0.4, -0.2) is 24.6 Å². The third kappa shape index (κ3) is 5.26. The fraction of sp³-hybridized carbons (Fsp3) is 1.00. The molecule has 1 N–H and O–H groups in total. The van der Waals surface area contributed by atoms with Crippen LogP contribution in [-0.2, 0) is 0 Å². The van der Waals surface area contributed by atoms with Crippen LogP contribution in [0.2, 0.25) is 0 Å². The number of nitrogens with one attached hydrogen (secondary N) is 1. The summed E-state index contributed by atoms with van der Waals surface area (Å²) in [4.78, 5) is 0. The summed E-state index contributed by atoms with van der Waals surface area (Å²) in [5.41, 5.74) is 0.550. The van der Waals surface area contributed by atoms with Crippen LogP contribution in [0.5, 0.6) is 0 Å². The van der Waals surface area contributed by atoms with E-state index in [2.05, 4.69) is 32.3 Å². The van der Waals surface area contributed by atoms with E-state index in [0.717, 1.165) is 12.0 Å². The van der Waals surface area contributed by atoms with Crippen LogP contribution in [0.25, 0.3) is 0 Å². The molecule has 2 heteroatoms. The second-order valence-electron chi connectivity index (χ2n) is 5.91. The highest BCUT2D eigenvalue weighted by Crippen LogP contribution is 2.38. The van der Waals surface area contributed by atoms with E-state index in [1.54, 1.807) is 0 Å². The Hall–Kier alpha value is 0.310.